The van der Waals surface area contributed by atoms with E-state index in [0.29, 0.717) is 24.2 Å². The minimum absolute atomic E-state index is 0.0387. The first kappa shape index (κ1) is 23.7. The Balaban J connectivity index is 1.63. The summed E-state index contributed by atoms with van der Waals surface area (Å²) in [5.74, 6) is -1.17. The number of hydrogen-bond acceptors (Lipinski definition) is 6. The van der Waals surface area contributed by atoms with Crippen LogP contribution in [0.4, 0.5) is 5.69 Å². The Morgan fingerprint density at radius 1 is 1.22 bits per heavy atom. The number of carbonyl (C=O) groups excluding carboxylic acids is 3. The number of primary amides is 1. The molecule has 32 heavy (non-hydrogen) atoms. The average molecular weight is 443 g/mol. The van der Waals surface area contributed by atoms with Gasteiger partial charge in [0.05, 0.1) is 6.54 Å². The van der Waals surface area contributed by atoms with Crippen LogP contribution in [-0.2, 0) is 14.4 Å². The van der Waals surface area contributed by atoms with Gasteiger partial charge in [-0.2, -0.15) is 0 Å². The van der Waals surface area contributed by atoms with Gasteiger partial charge in [-0.1, -0.05) is 26.0 Å². The van der Waals surface area contributed by atoms with Crippen molar-refractivity contribution in [2.75, 3.05) is 31.5 Å². The van der Waals surface area contributed by atoms with E-state index in [0.717, 1.165) is 37.9 Å². The lowest BCUT2D eigenvalue weighted by Gasteiger charge is -2.38. The summed E-state index contributed by atoms with van der Waals surface area (Å²) in [4.78, 5) is 39.0. The molecule has 5 N–H and O–H groups in total. The van der Waals surface area contributed by atoms with Crippen LogP contribution in [0.25, 0.3) is 0 Å². The largest absolute Gasteiger partial charge is 0.376 e. The van der Waals surface area contributed by atoms with Crippen molar-refractivity contribution in [1.29, 1.82) is 5.41 Å². The Morgan fingerprint density at radius 3 is 2.66 bits per heavy atom. The van der Waals surface area contributed by atoms with Gasteiger partial charge in [0, 0.05) is 30.9 Å². The number of hydrazine groups is 1. The predicted molar refractivity (Wildman–Crippen MR) is 123 cm³/mol. The molecule has 2 aliphatic rings. The molecule has 2 fully saturated rings. The summed E-state index contributed by atoms with van der Waals surface area (Å²) in [6.07, 6.45) is 3.57. The molecule has 174 valence electrons. The molecule has 2 aliphatic heterocycles. The number of aryl methyl sites for hydroxylation is 1. The van der Waals surface area contributed by atoms with Gasteiger partial charge in [0.2, 0.25) is 5.91 Å². The first-order valence-electron chi connectivity index (χ1n) is 11.2. The summed E-state index contributed by atoms with van der Waals surface area (Å²) in [5, 5.41) is 12.9. The van der Waals surface area contributed by atoms with Crippen molar-refractivity contribution in [1.82, 2.24) is 15.3 Å². The second-order valence-electron chi connectivity index (χ2n) is 9.55. The monoisotopic (exact) mass is 442 g/mol. The zero-order valence-electron chi connectivity index (χ0n) is 19.2. The number of amides is 3. The minimum Gasteiger partial charge on any atom is -0.376 e. The summed E-state index contributed by atoms with van der Waals surface area (Å²) in [7, 11) is 0. The lowest BCUT2D eigenvalue weighted by Crippen LogP contribution is -2.55. The maximum atomic E-state index is 13.0. The molecule has 2 saturated heterocycles. The lowest BCUT2D eigenvalue weighted by molar-refractivity contribution is -0.140. The van der Waals surface area contributed by atoms with Crippen molar-refractivity contribution in [3.63, 3.8) is 0 Å². The number of hydrogen-bond donors (Lipinski definition) is 4. The molecule has 2 heterocycles. The number of benzene rings is 1. The molecule has 1 atom stereocenters. The molecule has 0 spiro atoms. The quantitative estimate of drug-likeness (QED) is 0.474. The Bertz CT molecular complexity index is 913. The number of piperidine rings is 1. The Kier molecular flexibility index (Phi) is 7.18. The Labute approximate surface area is 189 Å². The number of nitrogens with zero attached hydrogens (tertiary/aromatic N) is 2. The van der Waals surface area contributed by atoms with Crippen LogP contribution in [0.5, 0.6) is 0 Å². The van der Waals surface area contributed by atoms with E-state index in [-0.39, 0.29) is 29.5 Å². The normalized spacial score (nSPS) is 20.6. The standard InChI is InChI=1S/C23H34N6O3/c1-15-7-8-16(20(24)21(25)31)17(12-15)26-13-19(30)29-11-4-6-18(29)22(32)27-28-10-5-9-23(2,3)14-28/h7-8,12,18,24,26H,4-6,9-11,13-14H2,1-3H3,(H2,25,31)(H,27,32)/t18-/m0/s1. The van der Waals surface area contributed by atoms with E-state index >= 15 is 0 Å². The van der Waals surface area contributed by atoms with Crippen molar-refractivity contribution in [2.24, 2.45) is 11.1 Å². The van der Waals surface area contributed by atoms with Gasteiger partial charge >= 0.3 is 0 Å². The third-order valence-corrected chi connectivity index (χ3v) is 6.17. The second kappa shape index (κ2) is 9.68. The third-order valence-electron chi connectivity index (χ3n) is 6.17. The van der Waals surface area contributed by atoms with Gasteiger partial charge in [-0.05, 0) is 49.7 Å². The molecule has 9 nitrogen and oxygen atoms in total. The molecule has 0 aromatic heterocycles. The van der Waals surface area contributed by atoms with Crippen LogP contribution in [0.2, 0.25) is 0 Å². The Morgan fingerprint density at radius 2 is 1.97 bits per heavy atom. The molecular weight excluding hydrogens is 408 g/mol. The van der Waals surface area contributed by atoms with Crippen LogP contribution in [0, 0.1) is 17.7 Å². The highest BCUT2D eigenvalue weighted by Gasteiger charge is 2.36. The fourth-order valence-electron chi connectivity index (χ4n) is 4.51. The van der Waals surface area contributed by atoms with Crippen LogP contribution in [0.1, 0.15) is 50.7 Å². The minimum atomic E-state index is -0.833. The van der Waals surface area contributed by atoms with Crippen molar-refractivity contribution in [3.05, 3.63) is 29.3 Å². The van der Waals surface area contributed by atoms with Gasteiger partial charge in [-0.3, -0.25) is 25.2 Å². The molecule has 0 bridgehead atoms. The van der Waals surface area contributed by atoms with Gasteiger partial charge < -0.3 is 16.0 Å². The van der Waals surface area contributed by atoms with E-state index in [1.165, 1.54) is 0 Å². The molecule has 3 amide bonds. The summed E-state index contributed by atoms with van der Waals surface area (Å²) in [6, 6.07) is 4.70. The fraction of sp³-hybridized carbons (Fsp3) is 0.565. The van der Waals surface area contributed by atoms with Gasteiger partial charge in [0.25, 0.3) is 11.8 Å². The van der Waals surface area contributed by atoms with E-state index in [4.69, 9.17) is 11.1 Å². The van der Waals surface area contributed by atoms with Crippen molar-refractivity contribution in [3.8, 4) is 0 Å². The molecule has 1 aromatic carbocycles. The number of carbonyl (C=O) groups is 3. The summed E-state index contributed by atoms with van der Waals surface area (Å²) in [6.45, 7) is 8.38. The van der Waals surface area contributed by atoms with Gasteiger partial charge in [-0.25, -0.2) is 5.01 Å². The number of likely N-dealkylation sites (tertiary alicyclic amines) is 1. The smallest absolute Gasteiger partial charge is 0.267 e. The van der Waals surface area contributed by atoms with Gasteiger partial charge in [0.15, 0.2) is 0 Å². The van der Waals surface area contributed by atoms with E-state index in [1.807, 2.05) is 11.9 Å². The van der Waals surface area contributed by atoms with Crippen molar-refractivity contribution in [2.45, 2.75) is 52.5 Å². The van der Waals surface area contributed by atoms with Gasteiger partial charge in [-0.15, -0.1) is 0 Å². The molecular formula is C23H34N6O3. The van der Waals surface area contributed by atoms with Crippen LogP contribution >= 0.6 is 0 Å². The van der Waals surface area contributed by atoms with Crippen LogP contribution in [0.3, 0.4) is 0 Å². The number of nitrogens with two attached hydrogens (primary N) is 1. The van der Waals surface area contributed by atoms with E-state index in [1.54, 1.807) is 23.1 Å². The summed E-state index contributed by atoms with van der Waals surface area (Å²) >= 11 is 0. The maximum absolute atomic E-state index is 13.0. The zero-order chi connectivity index (χ0) is 23.5. The maximum Gasteiger partial charge on any atom is 0.267 e. The van der Waals surface area contributed by atoms with E-state index in [9.17, 15) is 14.4 Å². The van der Waals surface area contributed by atoms with Crippen LogP contribution < -0.4 is 16.5 Å². The molecule has 0 radical (unpaired) electrons. The topological polar surface area (TPSA) is 132 Å². The number of nitrogens with one attached hydrogen (secondary N) is 3. The second-order valence-corrected chi connectivity index (χ2v) is 9.55. The van der Waals surface area contributed by atoms with Crippen LogP contribution in [0.15, 0.2) is 18.2 Å². The highest BCUT2D eigenvalue weighted by molar-refractivity contribution is 6.44. The molecule has 0 saturated carbocycles. The number of rotatable bonds is 7. The third kappa shape index (κ3) is 5.64. The predicted octanol–water partition coefficient (Wildman–Crippen LogP) is 1.40. The molecule has 1 aromatic rings. The highest BCUT2D eigenvalue weighted by atomic mass is 16.2. The Hall–Kier alpha value is -2.94. The van der Waals surface area contributed by atoms with Gasteiger partial charge in [0.1, 0.15) is 11.8 Å². The fourth-order valence-corrected chi connectivity index (χ4v) is 4.51. The van der Waals surface area contributed by atoms with Crippen LogP contribution in [-0.4, -0.2) is 65.6 Å². The van der Waals surface area contributed by atoms with E-state index in [2.05, 4.69) is 24.6 Å². The summed E-state index contributed by atoms with van der Waals surface area (Å²) in [5.41, 5.74) is 9.89. The molecule has 3 rings (SSSR count). The molecule has 9 heteroatoms. The van der Waals surface area contributed by atoms with Crippen molar-refractivity contribution >= 4 is 29.1 Å². The number of anilines is 1. The molecule has 0 unspecified atom stereocenters. The SMILES string of the molecule is Cc1ccc(C(=N)C(N)=O)c(NCC(=O)N2CCC[C@H]2C(=O)NN2CCCC(C)(C)C2)c1. The average Bonchev–Trinajstić information content (AvgIpc) is 3.21. The molecule has 0 aliphatic carbocycles. The zero-order valence-corrected chi connectivity index (χ0v) is 19.2. The summed E-state index contributed by atoms with van der Waals surface area (Å²) < 4.78 is 0. The van der Waals surface area contributed by atoms with E-state index < -0.39 is 11.9 Å². The lowest BCUT2D eigenvalue weighted by atomic mass is 9.85. The first-order valence-corrected chi connectivity index (χ1v) is 11.2. The first-order chi connectivity index (χ1) is 15.1. The highest BCUT2D eigenvalue weighted by Crippen LogP contribution is 2.28. The van der Waals surface area contributed by atoms with Crippen molar-refractivity contribution < 1.29 is 14.4 Å².